The summed E-state index contributed by atoms with van der Waals surface area (Å²) >= 11 is 3.21. The van der Waals surface area contributed by atoms with E-state index in [-0.39, 0.29) is 5.78 Å². The Morgan fingerprint density at radius 1 is 1.50 bits per heavy atom. The highest BCUT2D eigenvalue weighted by Gasteiger charge is 2.02. The molecule has 0 unspecified atom stereocenters. The number of ketones is 1. The van der Waals surface area contributed by atoms with E-state index in [1.165, 1.54) is 6.08 Å². The van der Waals surface area contributed by atoms with E-state index < -0.39 is 0 Å². The van der Waals surface area contributed by atoms with Gasteiger partial charge in [0.25, 0.3) is 0 Å². The van der Waals surface area contributed by atoms with Crippen LogP contribution < -0.4 is 0 Å². The van der Waals surface area contributed by atoms with Crippen molar-refractivity contribution in [2.75, 3.05) is 14.1 Å². The van der Waals surface area contributed by atoms with Crippen LogP contribution in [0.2, 0.25) is 0 Å². The second-order valence-electron chi connectivity index (χ2n) is 2.99. The van der Waals surface area contributed by atoms with Crippen LogP contribution in [0.3, 0.4) is 0 Å². The molecule has 14 heavy (non-hydrogen) atoms. The van der Waals surface area contributed by atoms with Crippen molar-refractivity contribution in [2.45, 2.75) is 0 Å². The van der Waals surface area contributed by atoms with Crippen LogP contribution in [-0.2, 0) is 0 Å². The van der Waals surface area contributed by atoms with Gasteiger partial charge in [-0.1, -0.05) is 6.07 Å². The molecule has 1 heterocycles. The van der Waals surface area contributed by atoms with Crippen molar-refractivity contribution < 1.29 is 4.79 Å². The van der Waals surface area contributed by atoms with E-state index >= 15 is 0 Å². The number of aromatic nitrogens is 1. The van der Waals surface area contributed by atoms with Crippen molar-refractivity contribution in [1.29, 1.82) is 0 Å². The molecular formula is C10H11BrN2O. The topological polar surface area (TPSA) is 33.2 Å². The zero-order valence-corrected chi connectivity index (χ0v) is 9.65. The van der Waals surface area contributed by atoms with E-state index in [2.05, 4.69) is 20.9 Å². The Bertz CT molecular complexity index is 361. The Morgan fingerprint density at radius 3 is 2.79 bits per heavy atom. The van der Waals surface area contributed by atoms with E-state index in [0.717, 1.165) is 0 Å². The van der Waals surface area contributed by atoms with E-state index in [0.29, 0.717) is 10.3 Å². The third kappa shape index (κ3) is 3.30. The summed E-state index contributed by atoms with van der Waals surface area (Å²) in [5.41, 5.74) is 0.442. The molecule has 4 heteroatoms. The molecule has 0 aliphatic carbocycles. The minimum Gasteiger partial charge on any atom is -0.383 e. The fourth-order valence-electron chi connectivity index (χ4n) is 0.848. The summed E-state index contributed by atoms with van der Waals surface area (Å²) in [6.45, 7) is 0. The maximum absolute atomic E-state index is 11.5. The normalized spacial score (nSPS) is 10.5. The monoisotopic (exact) mass is 254 g/mol. The standard InChI is InChI=1S/C10H11BrN2O/c1-13(2)7-6-9(14)8-4-3-5-10(11)12-8/h3-7H,1-2H3/b7-6+. The van der Waals surface area contributed by atoms with Crippen LogP contribution in [0.25, 0.3) is 0 Å². The van der Waals surface area contributed by atoms with Crippen molar-refractivity contribution in [3.8, 4) is 0 Å². The number of carbonyl (C=O) groups excluding carboxylic acids is 1. The summed E-state index contributed by atoms with van der Waals surface area (Å²) in [5, 5.41) is 0. The number of rotatable bonds is 3. The highest BCUT2D eigenvalue weighted by molar-refractivity contribution is 9.10. The number of nitrogens with zero attached hydrogens (tertiary/aromatic N) is 2. The molecule has 0 saturated heterocycles. The summed E-state index contributed by atoms with van der Waals surface area (Å²) in [5.74, 6) is -0.0972. The average molecular weight is 255 g/mol. The molecule has 1 aromatic heterocycles. The van der Waals surface area contributed by atoms with Gasteiger partial charge in [0.2, 0.25) is 5.78 Å². The minimum atomic E-state index is -0.0972. The molecule has 74 valence electrons. The smallest absolute Gasteiger partial charge is 0.205 e. The first-order valence-corrected chi connectivity index (χ1v) is 4.90. The Balaban J connectivity index is 2.80. The van der Waals surface area contributed by atoms with Gasteiger partial charge < -0.3 is 4.90 Å². The Hall–Kier alpha value is -1.16. The molecule has 0 fully saturated rings. The van der Waals surface area contributed by atoms with Crippen molar-refractivity contribution in [1.82, 2.24) is 9.88 Å². The van der Waals surface area contributed by atoms with Crippen molar-refractivity contribution >= 4 is 21.7 Å². The zero-order valence-electron chi connectivity index (χ0n) is 8.07. The third-order valence-corrected chi connectivity index (χ3v) is 1.93. The minimum absolute atomic E-state index is 0.0972. The van der Waals surface area contributed by atoms with Gasteiger partial charge >= 0.3 is 0 Å². The van der Waals surface area contributed by atoms with Crippen molar-refractivity contribution in [3.63, 3.8) is 0 Å². The Labute approximate surface area is 91.6 Å². The van der Waals surface area contributed by atoms with Gasteiger partial charge in [-0.15, -0.1) is 0 Å². The van der Waals surface area contributed by atoms with Gasteiger partial charge in [-0.05, 0) is 28.1 Å². The fourth-order valence-corrected chi connectivity index (χ4v) is 1.19. The molecule has 0 aromatic carbocycles. The lowest BCUT2D eigenvalue weighted by molar-refractivity contribution is 0.104. The van der Waals surface area contributed by atoms with Crippen molar-refractivity contribution in [2.24, 2.45) is 0 Å². The predicted molar refractivity (Wildman–Crippen MR) is 59.1 cm³/mol. The second kappa shape index (κ2) is 4.91. The molecule has 1 rings (SSSR count). The number of hydrogen-bond acceptors (Lipinski definition) is 3. The summed E-state index contributed by atoms with van der Waals surface area (Å²) in [6, 6.07) is 5.26. The summed E-state index contributed by atoms with van der Waals surface area (Å²) in [4.78, 5) is 17.4. The summed E-state index contributed by atoms with van der Waals surface area (Å²) < 4.78 is 0.668. The lowest BCUT2D eigenvalue weighted by atomic mass is 10.2. The Morgan fingerprint density at radius 2 is 2.21 bits per heavy atom. The molecule has 0 aliphatic heterocycles. The number of allylic oxidation sites excluding steroid dienone is 1. The fraction of sp³-hybridized carbons (Fsp3) is 0.200. The van der Waals surface area contributed by atoms with Crippen LogP contribution in [0.1, 0.15) is 10.5 Å². The molecule has 3 nitrogen and oxygen atoms in total. The molecule has 0 atom stereocenters. The molecule has 0 N–H and O–H groups in total. The Kier molecular flexibility index (Phi) is 3.83. The predicted octanol–water partition coefficient (Wildman–Crippen LogP) is 2.10. The molecule has 1 aromatic rings. The maximum atomic E-state index is 11.5. The van der Waals surface area contributed by atoms with Gasteiger partial charge in [-0.25, -0.2) is 4.98 Å². The molecule has 0 spiro atoms. The van der Waals surface area contributed by atoms with E-state index in [1.807, 2.05) is 14.1 Å². The summed E-state index contributed by atoms with van der Waals surface area (Å²) in [7, 11) is 3.72. The maximum Gasteiger partial charge on any atom is 0.205 e. The third-order valence-electron chi connectivity index (χ3n) is 1.49. The van der Waals surface area contributed by atoms with Gasteiger partial charge in [0.1, 0.15) is 10.3 Å². The molecule has 0 saturated carbocycles. The van der Waals surface area contributed by atoms with Crippen LogP contribution in [0, 0.1) is 0 Å². The van der Waals surface area contributed by atoms with E-state index in [9.17, 15) is 4.79 Å². The largest absolute Gasteiger partial charge is 0.383 e. The molecule has 0 amide bonds. The van der Waals surface area contributed by atoms with Gasteiger partial charge in [0, 0.05) is 26.4 Å². The first-order valence-electron chi connectivity index (χ1n) is 4.11. The van der Waals surface area contributed by atoms with E-state index in [1.54, 1.807) is 29.3 Å². The number of halogens is 1. The second-order valence-corrected chi connectivity index (χ2v) is 3.80. The lowest BCUT2D eigenvalue weighted by Crippen LogP contribution is -2.04. The molecule has 0 radical (unpaired) electrons. The molecule has 0 aliphatic rings. The number of pyridine rings is 1. The quantitative estimate of drug-likeness (QED) is 0.471. The van der Waals surface area contributed by atoms with Gasteiger partial charge in [-0.3, -0.25) is 4.79 Å². The average Bonchev–Trinajstić information content (AvgIpc) is 2.14. The van der Waals surface area contributed by atoms with Crippen LogP contribution in [0.15, 0.2) is 35.1 Å². The van der Waals surface area contributed by atoms with Crippen LogP contribution in [0.4, 0.5) is 0 Å². The summed E-state index contributed by atoms with van der Waals surface area (Å²) in [6.07, 6.45) is 3.19. The van der Waals surface area contributed by atoms with Crippen molar-refractivity contribution in [3.05, 3.63) is 40.8 Å². The van der Waals surface area contributed by atoms with Crippen LogP contribution in [-0.4, -0.2) is 29.8 Å². The molecule has 0 bridgehead atoms. The molecular weight excluding hydrogens is 244 g/mol. The first-order chi connectivity index (χ1) is 6.59. The first kappa shape index (κ1) is 10.9. The number of hydrogen-bond donors (Lipinski definition) is 0. The van der Waals surface area contributed by atoms with Crippen LogP contribution >= 0.6 is 15.9 Å². The van der Waals surface area contributed by atoms with Gasteiger partial charge in [0.15, 0.2) is 0 Å². The highest BCUT2D eigenvalue weighted by atomic mass is 79.9. The zero-order chi connectivity index (χ0) is 10.6. The van der Waals surface area contributed by atoms with E-state index in [4.69, 9.17) is 0 Å². The highest BCUT2D eigenvalue weighted by Crippen LogP contribution is 2.07. The SMILES string of the molecule is CN(C)/C=C/C(=O)c1cccc(Br)n1. The lowest BCUT2D eigenvalue weighted by Gasteiger charge is -2.02. The van der Waals surface area contributed by atoms with Crippen LogP contribution in [0.5, 0.6) is 0 Å². The van der Waals surface area contributed by atoms with Gasteiger partial charge in [0.05, 0.1) is 0 Å². The number of carbonyl (C=O) groups is 1. The van der Waals surface area contributed by atoms with Gasteiger partial charge in [-0.2, -0.15) is 0 Å².